The largest absolute Gasteiger partial charge is 0.389 e. The van der Waals surface area contributed by atoms with Crippen LogP contribution in [0.15, 0.2) is 42.5 Å². The van der Waals surface area contributed by atoms with Crippen molar-refractivity contribution in [1.82, 2.24) is 0 Å². The Bertz CT molecular complexity index is 656. The van der Waals surface area contributed by atoms with Crippen LogP contribution in [0.3, 0.4) is 0 Å². The van der Waals surface area contributed by atoms with Gasteiger partial charge in [-0.15, -0.1) is 0 Å². The van der Waals surface area contributed by atoms with Crippen molar-refractivity contribution < 1.29 is 9.90 Å². The third-order valence-electron chi connectivity index (χ3n) is 3.03. The van der Waals surface area contributed by atoms with Gasteiger partial charge in [0.15, 0.2) is 0 Å². The van der Waals surface area contributed by atoms with Gasteiger partial charge in [0.25, 0.3) is 0 Å². The van der Waals surface area contributed by atoms with Crippen molar-refractivity contribution in [2.24, 2.45) is 0 Å². The summed E-state index contributed by atoms with van der Waals surface area (Å²) in [6.45, 7) is 1.66. The molecule has 3 nitrogen and oxygen atoms in total. The van der Waals surface area contributed by atoms with E-state index in [9.17, 15) is 9.90 Å². The highest BCUT2D eigenvalue weighted by molar-refractivity contribution is 6.42. The normalized spacial score (nSPS) is 12.0. The lowest BCUT2D eigenvalue weighted by Gasteiger charge is -2.13. The number of aliphatic hydroxyl groups is 1. The number of carbonyl (C=O) groups excluding carboxylic acids is 1. The van der Waals surface area contributed by atoms with Crippen LogP contribution in [0.1, 0.15) is 24.2 Å². The molecule has 0 fully saturated rings. The highest BCUT2D eigenvalue weighted by Gasteiger charge is 2.11. The monoisotopic (exact) mass is 323 g/mol. The predicted molar refractivity (Wildman–Crippen MR) is 85.9 cm³/mol. The van der Waals surface area contributed by atoms with Crippen LogP contribution in [-0.4, -0.2) is 11.0 Å². The average Bonchev–Trinajstić information content (AvgIpc) is 2.43. The number of para-hydroxylation sites is 1. The van der Waals surface area contributed by atoms with Gasteiger partial charge in [-0.25, -0.2) is 0 Å². The predicted octanol–water partition coefficient (Wildman–Crippen LogP) is 4.23. The highest BCUT2D eigenvalue weighted by Crippen LogP contribution is 2.24. The minimum absolute atomic E-state index is 0.179. The van der Waals surface area contributed by atoms with Crippen LogP contribution in [0.25, 0.3) is 0 Å². The molecule has 2 rings (SSSR count). The number of rotatable bonds is 4. The lowest BCUT2D eigenvalue weighted by atomic mass is 10.1. The van der Waals surface area contributed by atoms with E-state index in [0.29, 0.717) is 21.3 Å². The molecule has 0 spiro atoms. The number of hydrogen-bond acceptors (Lipinski definition) is 2. The maximum atomic E-state index is 12.1. The summed E-state index contributed by atoms with van der Waals surface area (Å²) in [6, 6.07) is 12.3. The SMILES string of the molecule is CC(O)c1ccccc1NC(=O)Cc1ccc(Cl)c(Cl)c1. The highest BCUT2D eigenvalue weighted by atomic mass is 35.5. The Morgan fingerprint density at radius 2 is 1.90 bits per heavy atom. The van der Waals surface area contributed by atoms with E-state index in [4.69, 9.17) is 23.2 Å². The van der Waals surface area contributed by atoms with Crippen LogP contribution in [-0.2, 0) is 11.2 Å². The maximum Gasteiger partial charge on any atom is 0.228 e. The molecular weight excluding hydrogens is 309 g/mol. The Balaban J connectivity index is 2.10. The molecule has 110 valence electrons. The molecule has 2 N–H and O–H groups in total. The van der Waals surface area contributed by atoms with Gasteiger partial charge in [0.1, 0.15) is 0 Å². The number of carbonyl (C=O) groups is 1. The van der Waals surface area contributed by atoms with Crippen molar-refractivity contribution in [3.05, 3.63) is 63.6 Å². The van der Waals surface area contributed by atoms with E-state index in [-0.39, 0.29) is 12.3 Å². The van der Waals surface area contributed by atoms with Crippen LogP contribution in [0.4, 0.5) is 5.69 Å². The zero-order valence-electron chi connectivity index (χ0n) is 11.4. The Hall–Kier alpha value is -1.55. The van der Waals surface area contributed by atoms with Gasteiger partial charge in [0.05, 0.1) is 22.6 Å². The topological polar surface area (TPSA) is 49.3 Å². The molecule has 0 aliphatic carbocycles. The molecule has 0 heterocycles. The molecule has 0 aromatic heterocycles. The van der Waals surface area contributed by atoms with Gasteiger partial charge in [-0.1, -0.05) is 47.5 Å². The van der Waals surface area contributed by atoms with Crippen molar-refractivity contribution in [1.29, 1.82) is 0 Å². The van der Waals surface area contributed by atoms with Crippen molar-refractivity contribution >= 4 is 34.8 Å². The first kappa shape index (κ1) is 15.8. The number of aliphatic hydroxyl groups excluding tert-OH is 1. The molecule has 0 saturated carbocycles. The summed E-state index contributed by atoms with van der Waals surface area (Å²) in [5, 5.41) is 13.4. The van der Waals surface area contributed by atoms with Crippen LogP contribution in [0.5, 0.6) is 0 Å². The smallest absolute Gasteiger partial charge is 0.228 e. The quantitative estimate of drug-likeness (QED) is 0.884. The summed E-state index contributed by atoms with van der Waals surface area (Å²) in [4.78, 5) is 12.1. The molecule has 1 atom stereocenters. The van der Waals surface area contributed by atoms with E-state index in [1.165, 1.54) is 0 Å². The Labute approximate surface area is 133 Å². The number of hydrogen-bond donors (Lipinski definition) is 2. The Morgan fingerprint density at radius 3 is 2.57 bits per heavy atom. The minimum Gasteiger partial charge on any atom is -0.389 e. The zero-order valence-corrected chi connectivity index (χ0v) is 12.9. The zero-order chi connectivity index (χ0) is 15.4. The first-order valence-electron chi connectivity index (χ1n) is 6.48. The van der Waals surface area contributed by atoms with Gasteiger partial charge in [0.2, 0.25) is 5.91 Å². The maximum absolute atomic E-state index is 12.1. The Morgan fingerprint density at radius 1 is 1.19 bits per heavy atom. The first-order valence-corrected chi connectivity index (χ1v) is 7.23. The summed E-state index contributed by atoms with van der Waals surface area (Å²) < 4.78 is 0. The van der Waals surface area contributed by atoms with Gasteiger partial charge in [0, 0.05) is 11.3 Å². The molecule has 0 aliphatic rings. The fraction of sp³-hybridized carbons (Fsp3) is 0.188. The fourth-order valence-corrected chi connectivity index (χ4v) is 2.33. The van der Waals surface area contributed by atoms with Crippen LogP contribution >= 0.6 is 23.2 Å². The molecule has 2 aromatic carbocycles. The Kier molecular flexibility index (Phi) is 5.23. The molecule has 1 unspecified atom stereocenters. The van der Waals surface area contributed by atoms with Gasteiger partial charge in [-0.2, -0.15) is 0 Å². The van der Waals surface area contributed by atoms with E-state index in [1.54, 1.807) is 43.3 Å². The van der Waals surface area contributed by atoms with Crippen molar-refractivity contribution in [2.75, 3.05) is 5.32 Å². The molecule has 1 amide bonds. The van der Waals surface area contributed by atoms with Crippen LogP contribution in [0, 0.1) is 0 Å². The van der Waals surface area contributed by atoms with E-state index < -0.39 is 6.10 Å². The van der Waals surface area contributed by atoms with Crippen LogP contribution < -0.4 is 5.32 Å². The minimum atomic E-state index is -0.647. The lowest BCUT2D eigenvalue weighted by molar-refractivity contribution is -0.115. The first-order chi connectivity index (χ1) is 9.97. The number of amides is 1. The molecule has 0 radical (unpaired) electrons. The standard InChI is InChI=1S/C16H15Cl2NO2/c1-10(20)12-4-2-3-5-15(12)19-16(21)9-11-6-7-13(17)14(18)8-11/h2-8,10,20H,9H2,1H3,(H,19,21). The molecule has 0 bridgehead atoms. The van der Waals surface area contributed by atoms with Gasteiger partial charge >= 0.3 is 0 Å². The van der Waals surface area contributed by atoms with Gasteiger partial charge in [-0.05, 0) is 30.7 Å². The van der Waals surface area contributed by atoms with E-state index in [0.717, 1.165) is 5.56 Å². The third-order valence-corrected chi connectivity index (χ3v) is 3.77. The third kappa shape index (κ3) is 4.21. The van der Waals surface area contributed by atoms with Gasteiger partial charge in [-0.3, -0.25) is 4.79 Å². The van der Waals surface area contributed by atoms with E-state index in [1.807, 2.05) is 6.07 Å². The van der Waals surface area contributed by atoms with E-state index in [2.05, 4.69) is 5.32 Å². The average molecular weight is 324 g/mol. The summed E-state index contributed by atoms with van der Waals surface area (Å²) >= 11 is 11.8. The second-order valence-electron chi connectivity index (χ2n) is 4.74. The number of anilines is 1. The van der Waals surface area contributed by atoms with Gasteiger partial charge < -0.3 is 10.4 Å². The molecule has 21 heavy (non-hydrogen) atoms. The second kappa shape index (κ2) is 6.94. The van der Waals surface area contributed by atoms with Crippen molar-refractivity contribution in [3.63, 3.8) is 0 Å². The lowest BCUT2D eigenvalue weighted by Crippen LogP contribution is -2.16. The van der Waals surface area contributed by atoms with Crippen molar-refractivity contribution in [3.8, 4) is 0 Å². The number of benzene rings is 2. The summed E-state index contributed by atoms with van der Waals surface area (Å²) in [6.07, 6.45) is -0.461. The van der Waals surface area contributed by atoms with Crippen molar-refractivity contribution in [2.45, 2.75) is 19.4 Å². The number of halogens is 2. The molecule has 0 aliphatic heterocycles. The fourth-order valence-electron chi connectivity index (χ4n) is 2.00. The number of nitrogens with one attached hydrogen (secondary N) is 1. The summed E-state index contributed by atoms with van der Waals surface area (Å²) in [7, 11) is 0. The second-order valence-corrected chi connectivity index (χ2v) is 5.55. The summed E-state index contributed by atoms with van der Waals surface area (Å²) in [5.74, 6) is -0.179. The molecule has 0 saturated heterocycles. The molecular formula is C16H15Cl2NO2. The van der Waals surface area contributed by atoms with Crippen LogP contribution in [0.2, 0.25) is 10.0 Å². The molecule has 5 heteroatoms. The van der Waals surface area contributed by atoms with E-state index >= 15 is 0 Å². The molecule has 2 aromatic rings. The summed E-state index contributed by atoms with van der Waals surface area (Å²) in [5.41, 5.74) is 2.06.